The van der Waals surface area contributed by atoms with Crippen molar-refractivity contribution in [2.75, 3.05) is 19.6 Å². The van der Waals surface area contributed by atoms with E-state index in [0.717, 1.165) is 0 Å². The second-order valence-electron chi connectivity index (χ2n) is 6.33. The maximum atomic E-state index is 2.72. The fraction of sp³-hybridized carbons (Fsp3) is 0.250. The summed E-state index contributed by atoms with van der Waals surface area (Å²) in [6, 6.07) is 33.0. The molecule has 0 bridgehead atoms. The van der Waals surface area contributed by atoms with Crippen LogP contribution in [0.1, 0.15) is 0 Å². The van der Waals surface area contributed by atoms with Gasteiger partial charge in [-0.25, -0.2) is 0 Å². The molecule has 0 aromatic heterocycles. The molecule has 28 heavy (non-hydrogen) atoms. The van der Waals surface area contributed by atoms with Gasteiger partial charge in [0.2, 0.25) is 0 Å². The van der Waals surface area contributed by atoms with Crippen LogP contribution in [0.15, 0.2) is 91.0 Å². The molecule has 0 aliphatic heterocycles. The molecule has 0 amide bonds. The fourth-order valence-corrected chi connectivity index (χ4v) is 8.65. The van der Waals surface area contributed by atoms with Gasteiger partial charge in [-0.2, -0.15) is 0 Å². The fourth-order valence-electron chi connectivity index (χ4n) is 2.76. The van der Waals surface area contributed by atoms with E-state index in [-0.39, 0.29) is 0 Å². The van der Waals surface area contributed by atoms with E-state index >= 15 is 0 Å². The summed E-state index contributed by atoms with van der Waals surface area (Å²) in [5.74, 6) is 0. The van der Waals surface area contributed by atoms with Crippen LogP contribution in [-0.2, 0) is 0 Å². The maximum absolute atomic E-state index is 2.72. The van der Waals surface area contributed by atoms with E-state index in [9.17, 15) is 0 Å². The summed E-state index contributed by atoms with van der Waals surface area (Å²) in [6.45, 7) is 3.72. The SMILES string of the molecule is c1ccc([Se]CCN(CC[Se]c2ccccc2)CC[Se]c2ccccc2)cc1. The molecule has 3 aromatic carbocycles. The molecule has 0 fully saturated rings. The van der Waals surface area contributed by atoms with Crippen molar-refractivity contribution in [1.82, 2.24) is 4.90 Å². The van der Waals surface area contributed by atoms with Crippen molar-refractivity contribution in [3.05, 3.63) is 91.0 Å². The Morgan fingerprint density at radius 3 is 1.00 bits per heavy atom. The van der Waals surface area contributed by atoms with Gasteiger partial charge in [0.1, 0.15) is 0 Å². The molecule has 0 aliphatic carbocycles. The van der Waals surface area contributed by atoms with Gasteiger partial charge in [-0.3, -0.25) is 0 Å². The predicted octanol–water partition coefficient (Wildman–Crippen LogP) is 2.63. The van der Waals surface area contributed by atoms with E-state index in [1.165, 1.54) is 49.0 Å². The molecule has 0 unspecified atom stereocenters. The van der Waals surface area contributed by atoms with Crippen LogP contribution in [-0.4, -0.2) is 69.4 Å². The van der Waals surface area contributed by atoms with Crippen molar-refractivity contribution in [2.24, 2.45) is 0 Å². The standard InChI is InChI=1S/C24H27NSe3/c1-4-10-22(11-5-1)26-19-16-25(17-20-27-23-12-6-2-7-13-23)18-21-28-24-14-8-3-9-15-24/h1-15H,16-21H2. The van der Waals surface area contributed by atoms with Gasteiger partial charge in [-0.05, 0) is 0 Å². The molecule has 1 nitrogen and oxygen atoms in total. The van der Waals surface area contributed by atoms with Gasteiger partial charge in [-0.1, -0.05) is 0 Å². The van der Waals surface area contributed by atoms with Gasteiger partial charge in [0.25, 0.3) is 0 Å². The molecule has 0 heterocycles. The van der Waals surface area contributed by atoms with E-state index in [1.54, 1.807) is 0 Å². The van der Waals surface area contributed by atoms with Gasteiger partial charge in [0.15, 0.2) is 0 Å². The summed E-state index contributed by atoms with van der Waals surface area (Å²) in [6.07, 6.45) is 0. The summed E-state index contributed by atoms with van der Waals surface area (Å²) in [7, 11) is 0. The number of nitrogens with zero attached hydrogens (tertiary/aromatic N) is 1. The average Bonchev–Trinajstić information content (AvgIpc) is 2.76. The Balaban J connectivity index is 1.44. The van der Waals surface area contributed by atoms with Gasteiger partial charge in [0, 0.05) is 0 Å². The number of hydrogen-bond donors (Lipinski definition) is 0. The van der Waals surface area contributed by atoms with Gasteiger partial charge >= 0.3 is 190 Å². The Morgan fingerprint density at radius 1 is 0.429 bits per heavy atom. The Labute approximate surface area is 188 Å². The Kier molecular flexibility index (Phi) is 10.5. The van der Waals surface area contributed by atoms with Gasteiger partial charge in [0.05, 0.1) is 0 Å². The Morgan fingerprint density at radius 2 is 0.714 bits per heavy atom. The van der Waals surface area contributed by atoms with Gasteiger partial charge in [-0.15, -0.1) is 0 Å². The van der Waals surface area contributed by atoms with E-state index in [2.05, 4.69) is 95.9 Å². The first-order valence-electron chi connectivity index (χ1n) is 9.66. The summed E-state index contributed by atoms with van der Waals surface area (Å²) < 4.78 is 4.57. The average molecular weight is 566 g/mol. The molecule has 0 spiro atoms. The summed E-state index contributed by atoms with van der Waals surface area (Å²) in [4.78, 5) is 2.72. The van der Waals surface area contributed by atoms with Crippen LogP contribution >= 0.6 is 0 Å². The second-order valence-corrected chi connectivity index (χ2v) is 13.7. The van der Waals surface area contributed by atoms with E-state index < -0.39 is 0 Å². The Hall–Kier alpha value is -0.822. The molecule has 0 radical (unpaired) electrons. The molecule has 3 aromatic rings. The third-order valence-electron chi connectivity index (χ3n) is 4.26. The van der Waals surface area contributed by atoms with E-state index in [0.29, 0.717) is 44.9 Å². The first-order valence-corrected chi connectivity index (χ1v) is 15.9. The first-order chi connectivity index (χ1) is 13.9. The van der Waals surface area contributed by atoms with Crippen LogP contribution in [0.3, 0.4) is 0 Å². The topological polar surface area (TPSA) is 3.24 Å². The number of rotatable bonds is 12. The number of hydrogen-bond acceptors (Lipinski definition) is 1. The molecule has 0 saturated heterocycles. The number of benzene rings is 3. The van der Waals surface area contributed by atoms with Gasteiger partial charge < -0.3 is 0 Å². The molecule has 3 rings (SSSR count). The zero-order valence-electron chi connectivity index (χ0n) is 16.1. The van der Waals surface area contributed by atoms with Crippen LogP contribution in [0.4, 0.5) is 0 Å². The molecule has 0 aliphatic rings. The van der Waals surface area contributed by atoms with Crippen molar-refractivity contribution in [1.29, 1.82) is 0 Å². The van der Waals surface area contributed by atoms with Crippen molar-refractivity contribution in [3.63, 3.8) is 0 Å². The van der Waals surface area contributed by atoms with Crippen molar-refractivity contribution < 1.29 is 0 Å². The summed E-state index contributed by atoms with van der Waals surface area (Å²) in [5, 5.41) is 3.94. The third kappa shape index (κ3) is 8.68. The molecule has 0 atom stereocenters. The normalized spacial score (nSPS) is 11.0. The van der Waals surface area contributed by atoms with Crippen LogP contribution in [0.2, 0.25) is 16.0 Å². The summed E-state index contributed by atoms with van der Waals surface area (Å²) >= 11 is 1.78. The van der Waals surface area contributed by atoms with Crippen LogP contribution < -0.4 is 13.4 Å². The molecule has 0 saturated carbocycles. The Bertz CT molecular complexity index is 657. The van der Waals surface area contributed by atoms with Crippen LogP contribution in [0.25, 0.3) is 0 Å². The summed E-state index contributed by atoms with van der Waals surface area (Å²) in [5.41, 5.74) is 0. The van der Waals surface area contributed by atoms with Crippen LogP contribution in [0, 0.1) is 0 Å². The van der Waals surface area contributed by atoms with Crippen molar-refractivity contribution in [3.8, 4) is 0 Å². The van der Waals surface area contributed by atoms with E-state index in [4.69, 9.17) is 0 Å². The third-order valence-corrected chi connectivity index (χ3v) is 10.5. The zero-order valence-corrected chi connectivity index (χ0v) is 21.2. The minimum atomic E-state index is 0.592. The van der Waals surface area contributed by atoms with Crippen molar-refractivity contribution in [2.45, 2.75) is 16.0 Å². The molecule has 0 N–H and O–H groups in total. The van der Waals surface area contributed by atoms with Crippen LogP contribution in [0.5, 0.6) is 0 Å². The molecule has 146 valence electrons. The van der Waals surface area contributed by atoms with E-state index in [1.807, 2.05) is 0 Å². The predicted molar refractivity (Wildman–Crippen MR) is 126 cm³/mol. The first kappa shape index (κ1) is 21.9. The molecular formula is C24H27NSe3. The molecular weight excluding hydrogens is 539 g/mol. The molecule has 4 heteroatoms. The quantitative estimate of drug-likeness (QED) is 0.305. The monoisotopic (exact) mass is 569 g/mol. The second kappa shape index (κ2) is 13.4. The zero-order chi connectivity index (χ0) is 19.3. The van der Waals surface area contributed by atoms with Crippen molar-refractivity contribution >= 4 is 58.3 Å². The minimum absolute atomic E-state index is 0.592.